The zero-order valence-corrected chi connectivity index (χ0v) is 14.5. The van der Waals surface area contributed by atoms with E-state index in [0.717, 1.165) is 32.5 Å². The van der Waals surface area contributed by atoms with Gasteiger partial charge in [-0.2, -0.15) is 11.3 Å². The highest BCUT2D eigenvalue weighted by Crippen LogP contribution is 2.30. The number of likely N-dealkylation sites (tertiary alicyclic amines) is 1. The van der Waals surface area contributed by atoms with Crippen LogP contribution in [0.2, 0.25) is 0 Å². The second-order valence-corrected chi connectivity index (χ2v) is 7.33. The molecule has 1 N–H and O–H groups in total. The highest BCUT2D eigenvalue weighted by atomic mass is 32.1. The van der Waals surface area contributed by atoms with Gasteiger partial charge in [0.25, 0.3) is 5.91 Å². The predicted octanol–water partition coefficient (Wildman–Crippen LogP) is 1.64. The number of aryl methyl sites for hydroxylation is 1. The topological polar surface area (TPSA) is 59.4 Å². The first-order valence-electron chi connectivity index (χ1n) is 8.37. The van der Waals surface area contributed by atoms with Gasteiger partial charge in [0.1, 0.15) is 0 Å². The first kappa shape index (κ1) is 15.8. The van der Waals surface area contributed by atoms with Crippen molar-refractivity contribution in [3.63, 3.8) is 0 Å². The van der Waals surface area contributed by atoms with E-state index in [1.165, 1.54) is 5.56 Å². The summed E-state index contributed by atoms with van der Waals surface area (Å²) in [4.78, 5) is 19.1. The zero-order valence-electron chi connectivity index (χ0n) is 13.7. The fraction of sp³-hybridized carbons (Fsp3) is 0.529. The van der Waals surface area contributed by atoms with Crippen molar-refractivity contribution in [3.05, 3.63) is 40.6 Å². The van der Waals surface area contributed by atoms with Crippen molar-refractivity contribution >= 4 is 17.2 Å². The summed E-state index contributed by atoms with van der Waals surface area (Å²) in [6.45, 7) is 2.52. The normalized spacial score (nSPS) is 27.1. The van der Waals surface area contributed by atoms with Crippen molar-refractivity contribution in [1.29, 1.82) is 0 Å². The molecule has 2 aromatic heterocycles. The molecule has 2 aliphatic heterocycles. The summed E-state index contributed by atoms with van der Waals surface area (Å²) in [5.74, 6) is 0.316. The minimum atomic E-state index is -0.127. The van der Waals surface area contributed by atoms with Crippen LogP contribution in [-0.2, 0) is 18.3 Å². The number of carbonyl (C=O) groups is 1. The van der Waals surface area contributed by atoms with Gasteiger partial charge in [-0.05, 0) is 35.2 Å². The Morgan fingerprint density at radius 1 is 1.54 bits per heavy atom. The SMILES string of the molecule is Cn1ccnc1C(=O)N[C@@H]1CN(Cc2ccsc2)[C@@H]2CCCO[C@@H]21. The lowest BCUT2D eigenvalue weighted by molar-refractivity contribution is -0.0211. The molecule has 0 radical (unpaired) electrons. The van der Waals surface area contributed by atoms with Gasteiger partial charge >= 0.3 is 0 Å². The molecular formula is C17H22N4O2S. The molecular weight excluding hydrogens is 324 g/mol. The van der Waals surface area contributed by atoms with Gasteiger partial charge in [-0.15, -0.1) is 0 Å². The molecule has 2 saturated heterocycles. The van der Waals surface area contributed by atoms with Crippen molar-refractivity contribution in [2.24, 2.45) is 7.05 Å². The summed E-state index contributed by atoms with van der Waals surface area (Å²) in [7, 11) is 1.83. The highest BCUT2D eigenvalue weighted by Gasteiger charge is 2.44. The molecule has 128 valence electrons. The molecule has 3 atom stereocenters. The third kappa shape index (κ3) is 2.99. The molecule has 2 fully saturated rings. The van der Waals surface area contributed by atoms with Crippen LogP contribution < -0.4 is 5.32 Å². The monoisotopic (exact) mass is 346 g/mol. The van der Waals surface area contributed by atoms with Crippen LogP contribution in [0, 0.1) is 0 Å². The molecule has 4 rings (SSSR count). The molecule has 1 amide bonds. The van der Waals surface area contributed by atoms with Gasteiger partial charge in [-0.3, -0.25) is 9.69 Å². The third-order valence-electron chi connectivity index (χ3n) is 4.94. The fourth-order valence-corrected chi connectivity index (χ4v) is 4.46. The average Bonchev–Trinajstić information content (AvgIpc) is 3.30. The number of imidazole rings is 1. The Morgan fingerprint density at radius 3 is 3.21 bits per heavy atom. The molecule has 0 aliphatic carbocycles. The van der Waals surface area contributed by atoms with Crippen LogP contribution in [0.1, 0.15) is 29.0 Å². The van der Waals surface area contributed by atoms with Gasteiger partial charge < -0.3 is 14.6 Å². The Bertz CT molecular complexity index is 699. The smallest absolute Gasteiger partial charge is 0.287 e. The minimum Gasteiger partial charge on any atom is -0.374 e. The van der Waals surface area contributed by atoms with Crippen LogP contribution in [0.4, 0.5) is 0 Å². The number of hydrogen-bond donors (Lipinski definition) is 1. The average molecular weight is 346 g/mol. The van der Waals surface area contributed by atoms with Crippen LogP contribution in [-0.4, -0.2) is 51.7 Å². The fourth-order valence-electron chi connectivity index (χ4n) is 3.80. The summed E-state index contributed by atoms with van der Waals surface area (Å²) < 4.78 is 7.77. The number of nitrogens with one attached hydrogen (secondary N) is 1. The molecule has 6 nitrogen and oxygen atoms in total. The molecule has 2 aromatic rings. The lowest BCUT2D eigenvalue weighted by Crippen LogP contribution is -2.48. The molecule has 0 bridgehead atoms. The summed E-state index contributed by atoms with van der Waals surface area (Å²) in [6.07, 6.45) is 5.71. The predicted molar refractivity (Wildman–Crippen MR) is 92.0 cm³/mol. The Morgan fingerprint density at radius 2 is 2.46 bits per heavy atom. The number of amides is 1. The van der Waals surface area contributed by atoms with E-state index in [0.29, 0.717) is 11.9 Å². The van der Waals surface area contributed by atoms with Gasteiger partial charge in [0.05, 0.1) is 12.1 Å². The maximum atomic E-state index is 12.5. The molecule has 0 aromatic carbocycles. The van der Waals surface area contributed by atoms with Crippen LogP contribution in [0.25, 0.3) is 0 Å². The summed E-state index contributed by atoms with van der Waals surface area (Å²) in [5.41, 5.74) is 1.33. The van der Waals surface area contributed by atoms with E-state index >= 15 is 0 Å². The van der Waals surface area contributed by atoms with Crippen LogP contribution in [0.5, 0.6) is 0 Å². The first-order valence-corrected chi connectivity index (χ1v) is 9.31. The van der Waals surface area contributed by atoms with E-state index < -0.39 is 0 Å². The molecule has 4 heterocycles. The number of fused-ring (bicyclic) bond motifs is 1. The van der Waals surface area contributed by atoms with Gasteiger partial charge in [0.2, 0.25) is 0 Å². The van der Waals surface area contributed by atoms with Crippen LogP contribution in [0.15, 0.2) is 29.2 Å². The standard InChI is InChI=1S/C17H22N4O2S/c1-20-6-5-18-16(20)17(22)19-13-10-21(9-12-4-8-24-11-12)14-3-2-7-23-15(13)14/h4-6,8,11,13-15H,2-3,7,9-10H2,1H3,(H,19,22)/t13-,14-,15-/m1/s1. The van der Waals surface area contributed by atoms with E-state index in [-0.39, 0.29) is 18.1 Å². The lowest BCUT2D eigenvalue weighted by atomic mass is 10.0. The van der Waals surface area contributed by atoms with Gasteiger partial charge in [-0.25, -0.2) is 4.98 Å². The minimum absolute atomic E-state index is 0.0122. The number of ether oxygens (including phenoxy) is 1. The van der Waals surface area contributed by atoms with Crippen LogP contribution >= 0.6 is 11.3 Å². The number of hydrogen-bond acceptors (Lipinski definition) is 5. The number of aromatic nitrogens is 2. The molecule has 0 unspecified atom stereocenters. The number of thiophene rings is 1. The van der Waals surface area contributed by atoms with Crippen molar-refractivity contribution in [3.8, 4) is 0 Å². The summed E-state index contributed by atoms with van der Waals surface area (Å²) in [5, 5.41) is 7.45. The quantitative estimate of drug-likeness (QED) is 0.914. The van der Waals surface area contributed by atoms with E-state index in [9.17, 15) is 4.79 Å². The highest BCUT2D eigenvalue weighted by molar-refractivity contribution is 7.07. The van der Waals surface area contributed by atoms with E-state index in [1.54, 1.807) is 28.3 Å². The van der Waals surface area contributed by atoms with E-state index in [1.807, 2.05) is 7.05 Å². The van der Waals surface area contributed by atoms with Crippen molar-refractivity contribution in [2.75, 3.05) is 13.2 Å². The Labute approximate surface area is 145 Å². The Hall–Kier alpha value is -1.70. The van der Waals surface area contributed by atoms with Crippen molar-refractivity contribution in [2.45, 2.75) is 37.6 Å². The van der Waals surface area contributed by atoms with Crippen LogP contribution in [0.3, 0.4) is 0 Å². The number of rotatable bonds is 4. The summed E-state index contributed by atoms with van der Waals surface area (Å²) >= 11 is 1.72. The number of nitrogens with zero attached hydrogens (tertiary/aromatic N) is 3. The number of carbonyl (C=O) groups excluding carboxylic acids is 1. The van der Waals surface area contributed by atoms with Gasteiger partial charge in [-0.1, -0.05) is 0 Å². The van der Waals surface area contributed by atoms with Gasteiger partial charge in [0.15, 0.2) is 5.82 Å². The third-order valence-corrected chi connectivity index (χ3v) is 5.67. The van der Waals surface area contributed by atoms with Gasteiger partial charge in [0, 0.05) is 45.2 Å². The van der Waals surface area contributed by atoms with Crippen molar-refractivity contribution in [1.82, 2.24) is 19.8 Å². The Balaban J connectivity index is 1.48. The Kier molecular flexibility index (Phi) is 4.39. The molecule has 7 heteroatoms. The van der Waals surface area contributed by atoms with E-state index in [4.69, 9.17) is 4.74 Å². The lowest BCUT2D eigenvalue weighted by Gasteiger charge is -2.32. The second kappa shape index (κ2) is 6.66. The van der Waals surface area contributed by atoms with Crippen molar-refractivity contribution < 1.29 is 9.53 Å². The first-order chi connectivity index (χ1) is 11.7. The van der Waals surface area contributed by atoms with E-state index in [2.05, 4.69) is 32.0 Å². The maximum absolute atomic E-state index is 12.5. The maximum Gasteiger partial charge on any atom is 0.287 e. The second-order valence-electron chi connectivity index (χ2n) is 6.55. The molecule has 0 spiro atoms. The molecule has 0 saturated carbocycles. The zero-order chi connectivity index (χ0) is 16.5. The molecule has 2 aliphatic rings. The molecule has 24 heavy (non-hydrogen) atoms. The summed E-state index contributed by atoms with van der Waals surface area (Å²) in [6, 6.07) is 2.56. The largest absolute Gasteiger partial charge is 0.374 e.